The number of esters is 1. The Hall–Kier alpha value is -1.05. The van der Waals surface area contributed by atoms with Crippen molar-refractivity contribution in [2.45, 2.75) is 71.6 Å². The molecule has 0 fully saturated rings. The molecule has 0 radical (unpaired) electrons. The van der Waals surface area contributed by atoms with E-state index in [1.807, 2.05) is 13.0 Å². The maximum Gasteiger partial charge on any atom is 0.306 e. The highest BCUT2D eigenvalue weighted by Gasteiger charge is 1.99. The molecule has 0 heterocycles. The maximum atomic E-state index is 11.4. The molecule has 0 aromatic carbocycles. The minimum atomic E-state index is -0.0730. The molecule has 0 bridgehead atoms. The molecule has 0 aromatic heterocycles. The fraction of sp³-hybridized carbons (Fsp3) is 0.706. The number of ether oxygens (including phenoxy) is 1. The van der Waals surface area contributed by atoms with Crippen LogP contribution in [0.4, 0.5) is 0 Å². The van der Waals surface area contributed by atoms with Gasteiger partial charge in [0.25, 0.3) is 0 Å². The van der Waals surface area contributed by atoms with Gasteiger partial charge in [-0.2, -0.15) is 0 Å². The maximum absolute atomic E-state index is 11.4. The fourth-order valence-electron chi connectivity index (χ4n) is 1.75. The first kappa shape index (κ1) is 17.9. The average molecular weight is 266 g/mol. The van der Waals surface area contributed by atoms with E-state index in [-0.39, 0.29) is 5.97 Å². The largest absolute Gasteiger partial charge is 0.466 e. The summed E-state index contributed by atoms with van der Waals surface area (Å²) in [4.78, 5) is 11.4. The monoisotopic (exact) mass is 266 g/mol. The SMILES string of the molecule is C/C=C/CCCOC(=O)CC/C=C/CCCCCC. The van der Waals surface area contributed by atoms with Crippen LogP contribution in [0.1, 0.15) is 71.6 Å². The fourth-order valence-corrected chi connectivity index (χ4v) is 1.75. The molecule has 0 aliphatic rings. The summed E-state index contributed by atoms with van der Waals surface area (Å²) in [5, 5.41) is 0. The lowest BCUT2D eigenvalue weighted by Crippen LogP contribution is -2.04. The minimum Gasteiger partial charge on any atom is -0.466 e. The van der Waals surface area contributed by atoms with Crippen molar-refractivity contribution in [2.75, 3.05) is 6.61 Å². The van der Waals surface area contributed by atoms with Gasteiger partial charge in [-0.25, -0.2) is 0 Å². The lowest BCUT2D eigenvalue weighted by molar-refractivity contribution is -0.143. The van der Waals surface area contributed by atoms with E-state index in [0.29, 0.717) is 13.0 Å². The Labute approximate surface area is 118 Å². The van der Waals surface area contributed by atoms with E-state index in [4.69, 9.17) is 4.74 Å². The Kier molecular flexibility index (Phi) is 14.2. The van der Waals surface area contributed by atoms with Crippen molar-refractivity contribution in [3.8, 4) is 0 Å². The van der Waals surface area contributed by atoms with E-state index in [1.165, 1.54) is 25.7 Å². The van der Waals surface area contributed by atoms with Crippen LogP contribution < -0.4 is 0 Å². The first-order valence-corrected chi connectivity index (χ1v) is 7.73. The van der Waals surface area contributed by atoms with Gasteiger partial charge in [0.2, 0.25) is 0 Å². The number of unbranched alkanes of at least 4 members (excludes halogenated alkanes) is 5. The van der Waals surface area contributed by atoms with Crippen LogP contribution in [0.3, 0.4) is 0 Å². The van der Waals surface area contributed by atoms with E-state index in [0.717, 1.165) is 25.7 Å². The normalized spacial score (nSPS) is 11.5. The molecule has 19 heavy (non-hydrogen) atoms. The molecule has 0 atom stereocenters. The molecule has 0 saturated heterocycles. The second kappa shape index (κ2) is 15.0. The van der Waals surface area contributed by atoms with E-state index in [2.05, 4.69) is 25.2 Å². The van der Waals surface area contributed by atoms with Crippen molar-refractivity contribution in [1.29, 1.82) is 0 Å². The molecule has 0 rings (SSSR count). The number of carbonyl (C=O) groups is 1. The predicted octanol–water partition coefficient (Wildman–Crippen LogP) is 5.19. The van der Waals surface area contributed by atoms with Gasteiger partial charge in [0.05, 0.1) is 6.61 Å². The van der Waals surface area contributed by atoms with E-state index >= 15 is 0 Å². The molecule has 0 N–H and O–H groups in total. The van der Waals surface area contributed by atoms with Crippen LogP contribution in [-0.4, -0.2) is 12.6 Å². The van der Waals surface area contributed by atoms with E-state index in [1.54, 1.807) is 0 Å². The smallest absolute Gasteiger partial charge is 0.306 e. The second-order valence-electron chi connectivity index (χ2n) is 4.79. The third kappa shape index (κ3) is 14.9. The summed E-state index contributed by atoms with van der Waals surface area (Å²) in [6.45, 7) is 4.77. The van der Waals surface area contributed by atoms with Crippen molar-refractivity contribution in [1.82, 2.24) is 0 Å². The van der Waals surface area contributed by atoms with Crippen molar-refractivity contribution < 1.29 is 9.53 Å². The van der Waals surface area contributed by atoms with Crippen molar-refractivity contribution >= 4 is 5.97 Å². The average Bonchev–Trinajstić information content (AvgIpc) is 2.41. The van der Waals surface area contributed by atoms with Crippen LogP contribution in [-0.2, 0) is 9.53 Å². The summed E-state index contributed by atoms with van der Waals surface area (Å²) in [5.74, 6) is -0.0730. The third-order valence-corrected chi connectivity index (χ3v) is 2.92. The van der Waals surface area contributed by atoms with E-state index in [9.17, 15) is 4.79 Å². The van der Waals surface area contributed by atoms with Gasteiger partial charge < -0.3 is 4.74 Å². The Morgan fingerprint density at radius 2 is 1.68 bits per heavy atom. The van der Waals surface area contributed by atoms with Gasteiger partial charge in [0, 0.05) is 6.42 Å². The Bertz CT molecular complexity index is 254. The Balaban J connectivity index is 3.30. The summed E-state index contributed by atoms with van der Waals surface area (Å²) in [5.41, 5.74) is 0. The number of hydrogen-bond acceptors (Lipinski definition) is 2. The van der Waals surface area contributed by atoms with Gasteiger partial charge in [-0.1, -0.05) is 50.5 Å². The summed E-state index contributed by atoms with van der Waals surface area (Å²) < 4.78 is 5.14. The molecule has 0 unspecified atom stereocenters. The topological polar surface area (TPSA) is 26.3 Å². The van der Waals surface area contributed by atoms with Crippen LogP contribution in [0, 0.1) is 0 Å². The van der Waals surface area contributed by atoms with Crippen molar-refractivity contribution in [2.24, 2.45) is 0 Å². The van der Waals surface area contributed by atoms with Gasteiger partial charge >= 0.3 is 5.97 Å². The highest BCUT2D eigenvalue weighted by atomic mass is 16.5. The highest BCUT2D eigenvalue weighted by Crippen LogP contribution is 2.04. The Morgan fingerprint density at radius 1 is 0.947 bits per heavy atom. The van der Waals surface area contributed by atoms with Crippen LogP contribution >= 0.6 is 0 Å². The molecule has 0 amide bonds. The number of allylic oxidation sites excluding steroid dienone is 4. The zero-order chi connectivity index (χ0) is 14.2. The zero-order valence-corrected chi connectivity index (χ0v) is 12.7. The zero-order valence-electron chi connectivity index (χ0n) is 12.7. The molecule has 0 aliphatic carbocycles. The first-order chi connectivity index (χ1) is 9.31. The van der Waals surface area contributed by atoms with Gasteiger partial charge in [-0.05, 0) is 39.0 Å². The summed E-state index contributed by atoms with van der Waals surface area (Å²) in [6, 6.07) is 0. The highest BCUT2D eigenvalue weighted by molar-refractivity contribution is 5.69. The van der Waals surface area contributed by atoms with Crippen molar-refractivity contribution in [3.63, 3.8) is 0 Å². The van der Waals surface area contributed by atoms with Crippen LogP contribution in [0.5, 0.6) is 0 Å². The molecular formula is C17H30O2. The van der Waals surface area contributed by atoms with Crippen LogP contribution in [0.15, 0.2) is 24.3 Å². The third-order valence-electron chi connectivity index (χ3n) is 2.92. The standard InChI is InChI=1S/C17H30O2/c1-3-5-7-9-10-11-12-13-15-17(18)19-16-14-8-6-4-2/h4,6,11-12H,3,5,7-10,13-16H2,1-2H3/b6-4+,12-11+. The molecule has 0 aromatic rings. The molecule has 110 valence electrons. The minimum absolute atomic E-state index is 0.0730. The number of rotatable bonds is 12. The quantitative estimate of drug-likeness (QED) is 0.276. The lowest BCUT2D eigenvalue weighted by atomic mass is 10.1. The van der Waals surface area contributed by atoms with Gasteiger partial charge in [0.1, 0.15) is 0 Å². The van der Waals surface area contributed by atoms with Crippen LogP contribution in [0.2, 0.25) is 0 Å². The molecule has 0 aliphatic heterocycles. The number of carbonyl (C=O) groups excluding carboxylic acids is 1. The summed E-state index contributed by atoms with van der Waals surface area (Å²) in [6.07, 6.45) is 18.0. The van der Waals surface area contributed by atoms with Gasteiger partial charge in [-0.3, -0.25) is 4.79 Å². The van der Waals surface area contributed by atoms with Gasteiger partial charge in [-0.15, -0.1) is 0 Å². The predicted molar refractivity (Wildman–Crippen MR) is 82.1 cm³/mol. The molecule has 2 nitrogen and oxygen atoms in total. The molecular weight excluding hydrogens is 236 g/mol. The summed E-state index contributed by atoms with van der Waals surface area (Å²) in [7, 11) is 0. The Morgan fingerprint density at radius 3 is 2.42 bits per heavy atom. The first-order valence-electron chi connectivity index (χ1n) is 7.73. The molecule has 0 saturated carbocycles. The molecule has 0 spiro atoms. The molecule has 2 heteroatoms. The summed E-state index contributed by atoms with van der Waals surface area (Å²) >= 11 is 0. The number of hydrogen-bond donors (Lipinski definition) is 0. The van der Waals surface area contributed by atoms with Crippen LogP contribution in [0.25, 0.3) is 0 Å². The van der Waals surface area contributed by atoms with Crippen molar-refractivity contribution in [3.05, 3.63) is 24.3 Å². The second-order valence-corrected chi connectivity index (χ2v) is 4.79. The van der Waals surface area contributed by atoms with E-state index < -0.39 is 0 Å². The van der Waals surface area contributed by atoms with Gasteiger partial charge in [0.15, 0.2) is 0 Å². The lowest BCUT2D eigenvalue weighted by Gasteiger charge is -2.02.